The van der Waals surface area contributed by atoms with Crippen molar-refractivity contribution < 1.29 is 19.4 Å². The van der Waals surface area contributed by atoms with Gasteiger partial charge in [-0.05, 0) is 11.6 Å². The number of benzene rings is 1. The zero-order chi connectivity index (χ0) is 15.5. The van der Waals surface area contributed by atoms with Crippen molar-refractivity contribution in [1.82, 2.24) is 10.6 Å². The lowest BCUT2D eigenvalue weighted by atomic mass is 10.2. The number of methoxy groups -OCH3 is 1. The lowest BCUT2D eigenvalue weighted by Crippen LogP contribution is -2.36. The van der Waals surface area contributed by atoms with Crippen molar-refractivity contribution in [2.45, 2.75) is 13.0 Å². The molecule has 4 N–H and O–H groups in total. The maximum absolute atomic E-state index is 11.5. The molecule has 0 atom stereocenters. The predicted octanol–water partition coefficient (Wildman–Crippen LogP) is 1.02. The van der Waals surface area contributed by atoms with Gasteiger partial charge in [-0.15, -0.1) is 0 Å². The molecule has 0 heterocycles. The van der Waals surface area contributed by atoms with Crippen LogP contribution in [0.25, 0.3) is 0 Å². The Hall–Kier alpha value is -2.28. The van der Waals surface area contributed by atoms with Crippen molar-refractivity contribution in [3.05, 3.63) is 29.8 Å². The molecule has 0 saturated heterocycles. The highest BCUT2D eigenvalue weighted by Gasteiger charge is 2.05. The molecule has 0 radical (unpaired) electrons. The van der Waals surface area contributed by atoms with E-state index >= 15 is 0 Å². The normalized spacial score (nSPS) is 9.95. The standard InChI is InChI=1S/C14H21N3O4/c1-21-9-8-15-12-5-3-2-4-11(12)10-17-14(20)16-7-6-13(18)19/h2-5,15H,6-10H2,1H3,(H,18,19)(H2,16,17,20). The summed E-state index contributed by atoms with van der Waals surface area (Å²) in [6.07, 6.45) is -0.0947. The van der Waals surface area contributed by atoms with E-state index in [9.17, 15) is 9.59 Å². The minimum Gasteiger partial charge on any atom is -0.481 e. The van der Waals surface area contributed by atoms with Crippen molar-refractivity contribution in [3.63, 3.8) is 0 Å². The number of carbonyl (C=O) groups excluding carboxylic acids is 1. The first-order valence-corrected chi connectivity index (χ1v) is 6.67. The fourth-order valence-electron chi connectivity index (χ4n) is 1.66. The van der Waals surface area contributed by atoms with Gasteiger partial charge in [-0.1, -0.05) is 18.2 Å². The van der Waals surface area contributed by atoms with Gasteiger partial charge < -0.3 is 25.8 Å². The Morgan fingerprint density at radius 1 is 1.19 bits per heavy atom. The summed E-state index contributed by atoms with van der Waals surface area (Å²) >= 11 is 0. The average molecular weight is 295 g/mol. The molecule has 0 aliphatic carbocycles. The first-order valence-electron chi connectivity index (χ1n) is 6.67. The van der Waals surface area contributed by atoms with Crippen LogP contribution in [0.4, 0.5) is 10.5 Å². The fourth-order valence-corrected chi connectivity index (χ4v) is 1.66. The second-order valence-electron chi connectivity index (χ2n) is 4.33. The van der Waals surface area contributed by atoms with E-state index in [2.05, 4.69) is 16.0 Å². The molecule has 1 rings (SSSR count). The Labute approximate surface area is 123 Å². The molecule has 0 aliphatic rings. The maximum atomic E-state index is 11.5. The van der Waals surface area contributed by atoms with Gasteiger partial charge in [0.15, 0.2) is 0 Å². The summed E-state index contributed by atoms with van der Waals surface area (Å²) < 4.78 is 4.98. The molecular formula is C14H21N3O4. The molecule has 1 aromatic rings. The van der Waals surface area contributed by atoms with Crippen LogP contribution in [-0.2, 0) is 16.1 Å². The number of para-hydroxylation sites is 1. The minimum atomic E-state index is -0.942. The Balaban J connectivity index is 2.39. The molecule has 1 aromatic carbocycles. The SMILES string of the molecule is COCCNc1ccccc1CNC(=O)NCCC(=O)O. The first-order chi connectivity index (χ1) is 10.1. The highest BCUT2D eigenvalue weighted by molar-refractivity contribution is 5.75. The van der Waals surface area contributed by atoms with Crippen LogP contribution in [0, 0.1) is 0 Å². The van der Waals surface area contributed by atoms with E-state index in [0.29, 0.717) is 19.7 Å². The van der Waals surface area contributed by atoms with Crippen LogP contribution in [0.2, 0.25) is 0 Å². The summed E-state index contributed by atoms with van der Waals surface area (Å²) in [5.74, 6) is -0.942. The van der Waals surface area contributed by atoms with E-state index < -0.39 is 5.97 Å². The van der Waals surface area contributed by atoms with Crippen LogP contribution in [0.1, 0.15) is 12.0 Å². The van der Waals surface area contributed by atoms with E-state index in [1.807, 2.05) is 24.3 Å². The van der Waals surface area contributed by atoms with E-state index in [-0.39, 0.29) is 19.0 Å². The average Bonchev–Trinajstić information content (AvgIpc) is 2.46. The summed E-state index contributed by atoms with van der Waals surface area (Å²) in [6, 6.07) is 7.25. The van der Waals surface area contributed by atoms with Crippen molar-refractivity contribution >= 4 is 17.7 Å². The molecule has 0 aromatic heterocycles. The van der Waals surface area contributed by atoms with Crippen LogP contribution < -0.4 is 16.0 Å². The number of ether oxygens (including phenoxy) is 1. The zero-order valence-electron chi connectivity index (χ0n) is 12.0. The monoisotopic (exact) mass is 295 g/mol. The van der Waals surface area contributed by atoms with Crippen molar-refractivity contribution in [3.8, 4) is 0 Å². The number of amides is 2. The molecule has 0 spiro atoms. The van der Waals surface area contributed by atoms with Gasteiger partial charge in [-0.3, -0.25) is 4.79 Å². The van der Waals surface area contributed by atoms with Gasteiger partial charge in [0.25, 0.3) is 0 Å². The summed E-state index contributed by atoms with van der Waals surface area (Å²) in [5.41, 5.74) is 1.88. The van der Waals surface area contributed by atoms with Gasteiger partial charge in [-0.25, -0.2) is 4.79 Å². The van der Waals surface area contributed by atoms with Crippen LogP contribution in [0.15, 0.2) is 24.3 Å². The van der Waals surface area contributed by atoms with Crippen LogP contribution in [0.5, 0.6) is 0 Å². The number of carbonyl (C=O) groups is 2. The van der Waals surface area contributed by atoms with E-state index in [4.69, 9.17) is 9.84 Å². The highest BCUT2D eigenvalue weighted by Crippen LogP contribution is 2.14. The number of nitrogens with one attached hydrogen (secondary N) is 3. The lowest BCUT2D eigenvalue weighted by Gasteiger charge is -2.12. The third kappa shape index (κ3) is 7.17. The van der Waals surface area contributed by atoms with Gasteiger partial charge in [-0.2, -0.15) is 0 Å². The quantitative estimate of drug-likeness (QED) is 0.510. The topological polar surface area (TPSA) is 99.7 Å². The van der Waals surface area contributed by atoms with E-state index in [0.717, 1.165) is 11.3 Å². The van der Waals surface area contributed by atoms with Crippen molar-refractivity contribution in [2.75, 3.05) is 32.1 Å². The molecule has 0 fully saturated rings. The Bertz CT molecular complexity index is 465. The van der Waals surface area contributed by atoms with Gasteiger partial charge in [0.1, 0.15) is 0 Å². The number of anilines is 1. The molecule has 0 unspecified atom stereocenters. The smallest absolute Gasteiger partial charge is 0.315 e. The number of urea groups is 1. The van der Waals surface area contributed by atoms with Gasteiger partial charge >= 0.3 is 12.0 Å². The van der Waals surface area contributed by atoms with E-state index in [1.54, 1.807) is 7.11 Å². The van der Waals surface area contributed by atoms with Gasteiger partial charge in [0.05, 0.1) is 13.0 Å². The maximum Gasteiger partial charge on any atom is 0.315 e. The third-order valence-electron chi connectivity index (χ3n) is 2.70. The molecular weight excluding hydrogens is 274 g/mol. The summed E-state index contributed by atoms with van der Waals surface area (Å²) in [7, 11) is 1.64. The highest BCUT2D eigenvalue weighted by atomic mass is 16.5. The number of hydrogen-bond donors (Lipinski definition) is 4. The van der Waals surface area contributed by atoms with Crippen LogP contribution >= 0.6 is 0 Å². The Kier molecular flexibility index (Phi) is 7.67. The van der Waals surface area contributed by atoms with Crippen molar-refractivity contribution in [2.24, 2.45) is 0 Å². The summed E-state index contributed by atoms with van der Waals surface area (Å²) in [6.45, 7) is 1.74. The number of carboxylic acids is 1. The number of rotatable bonds is 9. The molecule has 116 valence electrons. The lowest BCUT2D eigenvalue weighted by molar-refractivity contribution is -0.136. The predicted molar refractivity (Wildman–Crippen MR) is 79.3 cm³/mol. The summed E-state index contributed by atoms with van der Waals surface area (Å²) in [5, 5.41) is 16.9. The number of hydrogen-bond acceptors (Lipinski definition) is 4. The Morgan fingerprint density at radius 3 is 2.67 bits per heavy atom. The van der Waals surface area contributed by atoms with Gasteiger partial charge in [0, 0.05) is 32.4 Å². The molecule has 7 nitrogen and oxygen atoms in total. The fraction of sp³-hybridized carbons (Fsp3) is 0.429. The van der Waals surface area contributed by atoms with Crippen LogP contribution in [-0.4, -0.2) is 43.9 Å². The molecule has 2 amide bonds. The summed E-state index contributed by atoms with van der Waals surface area (Å²) in [4.78, 5) is 21.9. The third-order valence-corrected chi connectivity index (χ3v) is 2.70. The minimum absolute atomic E-state index is 0.0947. The molecule has 0 saturated carbocycles. The molecule has 21 heavy (non-hydrogen) atoms. The Morgan fingerprint density at radius 2 is 1.95 bits per heavy atom. The first kappa shape index (κ1) is 16.8. The zero-order valence-corrected chi connectivity index (χ0v) is 12.0. The molecule has 7 heteroatoms. The second kappa shape index (κ2) is 9.60. The number of carboxylic acid groups (broad SMARTS) is 1. The van der Waals surface area contributed by atoms with Crippen molar-refractivity contribution in [1.29, 1.82) is 0 Å². The van der Waals surface area contributed by atoms with Gasteiger partial charge in [0.2, 0.25) is 0 Å². The number of aliphatic carboxylic acids is 1. The molecule has 0 bridgehead atoms. The molecule has 0 aliphatic heterocycles. The second-order valence-corrected chi connectivity index (χ2v) is 4.33. The van der Waals surface area contributed by atoms with E-state index in [1.165, 1.54) is 0 Å². The van der Waals surface area contributed by atoms with Crippen LogP contribution in [0.3, 0.4) is 0 Å². The largest absolute Gasteiger partial charge is 0.481 e.